The molecule has 5 nitrogen and oxygen atoms in total. The van der Waals surface area contributed by atoms with Crippen molar-refractivity contribution in [2.45, 2.75) is 61.7 Å². The maximum absolute atomic E-state index is 13.4. The minimum atomic E-state index is -0.427. The van der Waals surface area contributed by atoms with E-state index in [2.05, 4.69) is 122 Å². The summed E-state index contributed by atoms with van der Waals surface area (Å²) in [6.07, 6.45) is 2.23. The van der Waals surface area contributed by atoms with Gasteiger partial charge in [0.15, 0.2) is 0 Å². The zero-order valence-corrected chi connectivity index (χ0v) is 30.7. The summed E-state index contributed by atoms with van der Waals surface area (Å²) in [5, 5.41) is 6.04. The van der Waals surface area contributed by atoms with Crippen LogP contribution in [0.1, 0.15) is 65.4 Å². The predicted octanol–water partition coefficient (Wildman–Crippen LogP) is 9.71. The van der Waals surface area contributed by atoms with Crippen LogP contribution in [0.25, 0.3) is 0 Å². The van der Waals surface area contributed by atoms with Gasteiger partial charge in [-0.2, -0.15) is 5.06 Å². The van der Waals surface area contributed by atoms with Gasteiger partial charge in [0, 0.05) is 24.0 Å². The van der Waals surface area contributed by atoms with Gasteiger partial charge in [-0.3, -0.25) is 4.84 Å². The molecule has 0 aliphatic carbocycles. The third kappa shape index (κ3) is 8.90. The van der Waals surface area contributed by atoms with Crippen LogP contribution in [0.3, 0.4) is 0 Å². The van der Waals surface area contributed by atoms with E-state index in [1.807, 2.05) is 30.0 Å². The topological polar surface area (TPSA) is 50.8 Å². The van der Waals surface area contributed by atoms with Gasteiger partial charge in [-0.15, -0.1) is 11.8 Å². The number of aryl methyl sites for hydroxylation is 2. The van der Waals surface area contributed by atoms with E-state index in [1.165, 1.54) is 35.9 Å². The largest absolute Gasteiger partial charge is 0.465 e. The van der Waals surface area contributed by atoms with Crippen molar-refractivity contribution >= 4 is 23.4 Å². The number of anilines is 1. The van der Waals surface area contributed by atoms with E-state index < -0.39 is 4.75 Å². The van der Waals surface area contributed by atoms with Gasteiger partial charge in [0.25, 0.3) is 0 Å². The van der Waals surface area contributed by atoms with E-state index in [1.54, 1.807) is 12.1 Å². The Balaban J connectivity index is 1.25. The minimum Gasteiger partial charge on any atom is -0.465 e. The summed E-state index contributed by atoms with van der Waals surface area (Å²) in [5.41, 5.74) is 6.65. The lowest BCUT2D eigenvalue weighted by Gasteiger charge is -2.37. The SMILES string of the molecule is COC(=O)c1cc(NC[C@@H]2C[C@H](SC(c3ccccc3)(c3ccccc3)c3ccccc3)CN2OC(C)(C)C)ccc1CCc1ccc(F)cc1. The molecule has 5 aromatic rings. The van der Waals surface area contributed by atoms with Crippen LogP contribution in [0.4, 0.5) is 10.1 Å². The summed E-state index contributed by atoms with van der Waals surface area (Å²) in [6, 6.07) is 44.9. The van der Waals surface area contributed by atoms with E-state index in [0.29, 0.717) is 24.9 Å². The van der Waals surface area contributed by atoms with Crippen molar-refractivity contribution in [1.82, 2.24) is 5.06 Å². The van der Waals surface area contributed by atoms with Crippen molar-refractivity contribution in [3.8, 4) is 0 Å². The molecule has 51 heavy (non-hydrogen) atoms. The second-order valence-electron chi connectivity index (χ2n) is 14.1. The van der Waals surface area contributed by atoms with Crippen molar-refractivity contribution in [3.05, 3.63) is 173 Å². The fourth-order valence-corrected chi connectivity index (χ4v) is 8.78. The summed E-state index contributed by atoms with van der Waals surface area (Å²) in [4.78, 5) is 19.5. The standard InChI is InChI=1S/C44H47FN2O3S/c1-43(2,3)50-47-31-40(51-44(34-14-8-5-9-15-34,35-16-10-6-11-17-35)36-18-12-7-13-19-36)29-39(47)30-46-38-27-24-33(41(28-38)42(48)49-4)23-20-32-21-25-37(45)26-22-32/h5-19,21-22,24-28,39-40,46H,20,23,29-31H2,1-4H3/t39-,40-/m0/s1. The first-order valence-electron chi connectivity index (χ1n) is 17.6. The van der Waals surface area contributed by atoms with Gasteiger partial charge in [-0.25, -0.2) is 9.18 Å². The van der Waals surface area contributed by atoms with Crippen molar-refractivity contribution in [2.24, 2.45) is 0 Å². The summed E-state index contributed by atoms with van der Waals surface area (Å²) >= 11 is 2.00. The van der Waals surface area contributed by atoms with E-state index in [9.17, 15) is 9.18 Å². The molecule has 0 spiro atoms. The van der Waals surface area contributed by atoms with Crippen LogP contribution >= 0.6 is 11.8 Å². The van der Waals surface area contributed by atoms with Crippen LogP contribution in [0, 0.1) is 5.82 Å². The quantitative estimate of drug-likeness (QED) is 0.0975. The molecule has 1 saturated heterocycles. The fraction of sp³-hybridized carbons (Fsp3) is 0.295. The Bertz CT molecular complexity index is 1770. The van der Waals surface area contributed by atoms with Crippen LogP contribution in [-0.4, -0.2) is 48.1 Å². The van der Waals surface area contributed by atoms with Crippen molar-refractivity contribution < 1.29 is 18.8 Å². The first-order valence-corrected chi connectivity index (χ1v) is 18.5. The number of hydrogen-bond donors (Lipinski definition) is 1. The lowest BCUT2D eigenvalue weighted by Crippen LogP contribution is -2.40. The molecular formula is C44H47FN2O3S. The minimum absolute atomic E-state index is 0.0847. The van der Waals surface area contributed by atoms with E-state index >= 15 is 0 Å². The van der Waals surface area contributed by atoms with E-state index in [-0.39, 0.29) is 28.7 Å². The number of halogens is 1. The number of methoxy groups -OCH3 is 1. The number of thioether (sulfide) groups is 1. The molecule has 0 unspecified atom stereocenters. The number of hydroxylamine groups is 2. The second kappa shape index (κ2) is 16.3. The summed E-state index contributed by atoms with van der Waals surface area (Å²) in [5.74, 6) is -0.632. The van der Waals surface area contributed by atoms with E-state index in [4.69, 9.17) is 9.57 Å². The van der Waals surface area contributed by atoms with Crippen LogP contribution in [0.15, 0.2) is 133 Å². The number of hydrogen-bond acceptors (Lipinski definition) is 6. The number of esters is 1. The Morgan fingerprint density at radius 1 is 0.804 bits per heavy atom. The lowest BCUT2D eigenvalue weighted by atomic mass is 9.84. The molecule has 0 saturated carbocycles. The molecule has 1 aliphatic rings. The highest BCUT2D eigenvalue weighted by atomic mass is 32.2. The Kier molecular flexibility index (Phi) is 11.6. The van der Waals surface area contributed by atoms with Crippen LogP contribution in [-0.2, 0) is 27.2 Å². The molecular weight excluding hydrogens is 656 g/mol. The molecule has 0 aromatic heterocycles. The van der Waals surface area contributed by atoms with Gasteiger partial charge in [-0.05, 0) is 92.1 Å². The number of nitrogens with zero attached hydrogens (tertiary/aromatic N) is 1. The van der Waals surface area contributed by atoms with Gasteiger partial charge in [0.1, 0.15) is 5.82 Å². The molecule has 5 aromatic carbocycles. The Labute approximate surface area is 306 Å². The fourth-order valence-electron chi connectivity index (χ4n) is 6.92. The Morgan fingerprint density at radius 2 is 1.37 bits per heavy atom. The maximum atomic E-state index is 13.4. The Morgan fingerprint density at radius 3 is 1.90 bits per heavy atom. The third-order valence-electron chi connectivity index (χ3n) is 9.25. The van der Waals surface area contributed by atoms with Gasteiger partial charge in [-0.1, -0.05) is 109 Å². The molecule has 264 valence electrons. The molecule has 1 fully saturated rings. The Hall–Kier alpha value is -4.43. The van der Waals surface area contributed by atoms with Gasteiger partial charge < -0.3 is 10.1 Å². The molecule has 1 heterocycles. The molecule has 1 N–H and O–H groups in total. The van der Waals surface area contributed by atoms with Crippen LogP contribution in [0.2, 0.25) is 0 Å². The molecule has 7 heteroatoms. The summed E-state index contributed by atoms with van der Waals surface area (Å²) in [6.45, 7) is 7.67. The van der Waals surface area contributed by atoms with Crippen molar-refractivity contribution in [1.29, 1.82) is 0 Å². The maximum Gasteiger partial charge on any atom is 0.338 e. The van der Waals surface area contributed by atoms with Gasteiger partial charge in [0.05, 0.1) is 29.1 Å². The van der Waals surface area contributed by atoms with Crippen molar-refractivity contribution in [3.63, 3.8) is 0 Å². The van der Waals surface area contributed by atoms with Gasteiger partial charge in [0.2, 0.25) is 0 Å². The molecule has 6 rings (SSSR count). The highest BCUT2D eigenvalue weighted by Gasteiger charge is 2.44. The number of carbonyl (C=O) groups excluding carboxylic acids is 1. The highest BCUT2D eigenvalue weighted by Crippen LogP contribution is 2.52. The zero-order chi connectivity index (χ0) is 35.8. The summed E-state index contributed by atoms with van der Waals surface area (Å²) < 4.78 is 18.2. The zero-order valence-electron chi connectivity index (χ0n) is 29.9. The average Bonchev–Trinajstić information content (AvgIpc) is 3.52. The number of nitrogens with one attached hydrogen (secondary N) is 1. The average molecular weight is 703 g/mol. The number of rotatable bonds is 13. The number of carbonyl (C=O) groups is 1. The highest BCUT2D eigenvalue weighted by molar-refractivity contribution is 8.01. The second-order valence-corrected chi connectivity index (χ2v) is 15.6. The third-order valence-corrected chi connectivity index (χ3v) is 11.0. The molecule has 0 amide bonds. The number of benzene rings is 5. The molecule has 2 atom stereocenters. The first kappa shape index (κ1) is 36.4. The first-order chi connectivity index (χ1) is 24.6. The molecule has 1 aliphatic heterocycles. The molecule has 0 radical (unpaired) electrons. The lowest BCUT2D eigenvalue weighted by molar-refractivity contribution is -0.233. The normalized spacial score (nSPS) is 16.6. The molecule has 0 bridgehead atoms. The van der Waals surface area contributed by atoms with Gasteiger partial charge >= 0.3 is 5.97 Å². The summed E-state index contributed by atoms with van der Waals surface area (Å²) in [7, 11) is 1.41. The van der Waals surface area contributed by atoms with Crippen LogP contribution < -0.4 is 5.32 Å². The smallest absolute Gasteiger partial charge is 0.338 e. The monoisotopic (exact) mass is 702 g/mol. The number of ether oxygens (including phenoxy) is 1. The van der Waals surface area contributed by atoms with Crippen LogP contribution in [0.5, 0.6) is 0 Å². The van der Waals surface area contributed by atoms with E-state index in [0.717, 1.165) is 29.8 Å². The predicted molar refractivity (Wildman–Crippen MR) is 207 cm³/mol. The van der Waals surface area contributed by atoms with Crippen molar-refractivity contribution in [2.75, 3.05) is 25.5 Å².